The molecule has 152 valence electrons. The fourth-order valence-corrected chi connectivity index (χ4v) is 6.62. The van der Waals surface area contributed by atoms with Crippen LogP contribution in [0.4, 0.5) is 0 Å². The summed E-state index contributed by atoms with van der Waals surface area (Å²) in [5.74, 6) is -0.424. The van der Waals surface area contributed by atoms with Gasteiger partial charge in [0.25, 0.3) is 10.0 Å². The lowest BCUT2D eigenvalue weighted by Crippen LogP contribution is -2.45. The maximum atomic E-state index is 12.9. The van der Waals surface area contributed by atoms with Gasteiger partial charge in [-0.15, -0.1) is 11.3 Å². The molecule has 0 saturated carbocycles. The molecule has 7 heteroatoms. The molecule has 0 aliphatic carbocycles. The minimum atomic E-state index is -3.52. The van der Waals surface area contributed by atoms with Crippen LogP contribution in [-0.2, 0) is 14.8 Å². The molecule has 2 unspecified atom stereocenters. The average Bonchev–Trinajstić information content (AvgIpc) is 3.29. The molecule has 1 N–H and O–H groups in total. The number of nitrogens with zero attached hydrogens (tertiary/aromatic N) is 1. The van der Waals surface area contributed by atoms with Gasteiger partial charge in [-0.1, -0.05) is 48.5 Å². The molecule has 1 saturated heterocycles. The first kappa shape index (κ1) is 20.1. The molecule has 2 atom stereocenters. The highest BCUT2D eigenvalue weighted by Crippen LogP contribution is 2.28. The lowest BCUT2D eigenvalue weighted by Gasteiger charge is -2.31. The van der Waals surface area contributed by atoms with Crippen LogP contribution >= 0.6 is 11.3 Å². The van der Waals surface area contributed by atoms with Gasteiger partial charge in [0.1, 0.15) is 4.21 Å². The van der Waals surface area contributed by atoms with Crippen molar-refractivity contribution in [1.82, 2.24) is 9.62 Å². The fraction of sp³-hybridized carbons (Fsp3) is 0.318. The number of fused-ring (bicyclic) bond motifs is 1. The molecular weight excluding hydrogens is 404 g/mol. The Morgan fingerprint density at radius 1 is 1.14 bits per heavy atom. The van der Waals surface area contributed by atoms with Gasteiger partial charge in [-0.2, -0.15) is 4.31 Å². The zero-order valence-electron chi connectivity index (χ0n) is 16.2. The van der Waals surface area contributed by atoms with Crippen molar-refractivity contribution in [2.75, 3.05) is 13.1 Å². The smallest absolute Gasteiger partial charge is 0.252 e. The Labute approximate surface area is 175 Å². The summed E-state index contributed by atoms with van der Waals surface area (Å²) in [5.41, 5.74) is 1.07. The second-order valence-corrected chi connectivity index (χ2v) is 10.5. The molecule has 1 aliphatic heterocycles. The van der Waals surface area contributed by atoms with Gasteiger partial charge in [0.2, 0.25) is 5.91 Å². The maximum absolute atomic E-state index is 12.9. The largest absolute Gasteiger partial charge is 0.349 e. The predicted octanol–water partition coefficient (Wildman–Crippen LogP) is 4.18. The van der Waals surface area contributed by atoms with Gasteiger partial charge >= 0.3 is 0 Å². The number of rotatable bonds is 5. The Bertz CT molecular complexity index is 1100. The number of carbonyl (C=O) groups is 1. The maximum Gasteiger partial charge on any atom is 0.252 e. The molecule has 1 aliphatic rings. The lowest BCUT2D eigenvalue weighted by molar-refractivity contribution is -0.126. The summed E-state index contributed by atoms with van der Waals surface area (Å²) in [6.45, 7) is 2.67. The van der Waals surface area contributed by atoms with Crippen LogP contribution in [0.1, 0.15) is 31.4 Å². The van der Waals surface area contributed by atoms with Crippen molar-refractivity contribution in [2.45, 2.75) is 30.0 Å². The quantitative estimate of drug-likeness (QED) is 0.663. The molecule has 2 heterocycles. The SMILES string of the molecule is CC(NC(=O)C1CCCN(S(=O)(=O)c2cccs2)C1)c1cccc2ccccc12. The van der Waals surface area contributed by atoms with Crippen LogP contribution in [0.3, 0.4) is 0 Å². The predicted molar refractivity (Wildman–Crippen MR) is 116 cm³/mol. The summed E-state index contributed by atoms with van der Waals surface area (Å²) in [7, 11) is -3.52. The first-order valence-electron chi connectivity index (χ1n) is 9.78. The molecule has 3 aromatic rings. The molecule has 2 aromatic carbocycles. The molecule has 0 bridgehead atoms. The normalized spacial score (nSPS) is 19.1. The van der Waals surface area contributed by atoms with Gasteiger partial charge < -0.3 is 5.32 Å². The zero-order chi connectivity index (χ0) is 20.4. The van der Waals surface area contributed by atoms with Crippen molar-refractivity contribution >= 4 is 38.0 Å². The Balaban J connectivity index is 1.48. The first-order chi connectivity index (χ1) is 14.0. The van der Waals surface area contributed by atoms with E-state index in [0.29, 0.717) is 23.6 Å². The highest BCUT2D eigenvalue weighted by atomic mass is 32.2. The van der Waals surface area contributed by atoms with Crippen LogP contribution in [-0.4, -0.2) is 31.7 Å². The number of benzene rings is 2. The van der Waals surface area contributed by atoms with E-state index in [1.807, 2.05) is 31.2 Å². The first-order valence-corrected chi connectivity index (χ1v) is 12.1. The molecule has 1 aromatic heterocycles. The summed E-state index contributed by atoms with van der Waals surface area (Å²) in [6.07, 6.45) is 1.38. The summed E-state index contributed by atoms with van der Waals surface area (Å²) >= 11 is 1.21. The van der Waals surface area contributed by atoms with Crippen molar-refractivity contribution in [3.63, 3.8) is 0 Å². The van der Waals surface area contributed by atoms with Gasteiger partial charge in [-0.25, -0.2) is 8.42 Å². The Kier molecular flexibility index (Phi) is 5.72. The number of sulfonamides is 1. The monoisotopic (exact) mass is 428 g/mol. The third-order valence-corrected chi connectivity index (χ3v) is 8.73. The standard InChI is InChI=1S/C22H24N2O3S2/c1-16(19-11-4-8-17-7-2-3-10-20(17)19)23-22(25)18-9-5-13-24(15-18)29(26,27)21-12-6-14-28-21/h2-4,6-8,10-12,14,16,18H,5,9,13,15H2,1H3,(H,23,25). The molecule has 4 rings (SSSR count). The van der Waals surface area contributed by atoms with E-state index in [1.54, 1.807) is 17.5 Å². The van der Waals surface area contributed by atoms with E-state index < -0.39 is 10.0 Å². The topological polar surface area (TPSA) is 66.5 Å². The number of amides is 1. The summed E-state index contributed by atoms with van der Waals surface area (Å²) in [6, 6.07) is 17.4. The third-order valence-electron chi connectivity index (χ3n) is 5.49. The molecule has 0 spiro atoms. The molecule has 0 radical (unpaired) electrons. The van der Waals surface area contributed by atoms with Gasteiger partial charge in [0.05, 0.1) is 12.0 Å². The van der Waals surface area contributed by atoms with Crippen molar-refractivity contribution in [3.05, 3.63) is 65.5 Å². The number of hydrogen-bond donors (Lipinski definition) is 1. The molecule has 1 fully saturated rings. The molecule has 29 heavy (non-hydrogen) atoms. The van der Waals surface area contributed by atoms with Gasteiger partial charge in [0, 0.05) is 13.1 Å². The van der Waals surface area contributed by atoms with E-state index >= 15 is 0 Å². The minimum Gasteiger partial charge on any atom is -0.349 e. The van der Waals surface area contributed by atoms with Gasteiger partial charge in [-0.05, 0) is 47.5 Å². The van der Waals surface area contributed by atoms with Crippen LogP contribution < -0.4 is 5.32 Å². The van der Waals surface area contributed by atoms with Crippen molar-refractivity contribution in [3.8, 4) is 0 Å². The van der Waals surface area contributed by atoms with E-state index in [4.69, 9.17) is 0 Å². The Morgan fingerprint density at radius 3 is 2.72 bits per heavy atom. The van der Waals surface area contributed by atoms with Crippen LogP contribution in [0.2, 0.25) is 0 Å². The highest BCUT2D eigenvalue weighted by molar-refractivity contribution is 7.91. The fourth-order valence-electron chi connectivity index (χ4n) is 3.95. The van der Waals surface area contributed by atoms with Crippen LogP contribution in [0, 0.1) is 5.92 Å². The average molecular weight is 429 g/mol. The molecule has 5 nitrogen and oxygen atoms in total. The van der Waals surface area contributed by atoms with Crippen molar-refractivity contribution in [2.24, 2.45) is 5.92 Å². The Morgan fingerprint density at radius 2 is 1.93 bits per heavy atom. The summed E-state index contributed by atoms with van der Waals surface area (Å²) in [5, 5.41) is 7.12. The number of nitrogens with one attached hydrogen (secondary N) is 1. The van der Waals surface area contributed by atoms with Crippen LogP contribution in [0.15, 0.2) is 64.2 Å². The number of hydrogen-bond acceptors (Lipinski definition) is 4. The minimum absolute atomic E-state index is 0.0866. The molecular formula is C22H24N2O3S2. The second kappa shape index (κ2) is 8.26. The highest BCUT2D eigenvalue weighted by Gasteiger charge is 2.34. The number of carbonyl (C=O) groups excluding carboxylic acids is 1. The van der Waals surface area contributed by atoms with Crippen LogP contribution in [0.25, 0.3) is 10.8 Å². The summed E-state index contributed by atoms with van der Waals surface area (Å²) in [4.78, 5) is 12.9. The van der Waals surface area contributed by atoms with Crippen LogP contribution in [0.5, 0.6) is 0 Å². The van der Waals surface area contributed by atoms with Gasteiger partial charge in [0.15, 0.2) is 0 Å². The van der Waals surface area contributed by atoms with E-state index in [1.165, 1.54) is 15.6 Å². The number of thiophene rings is 1. The number of piperidine rings is 1. The zero-order valence-corrected chi connectivity index (χ0v) is 17.9. The van der Waals surface area contributed by atoms with E-state index in [0.717, 1.165) is 16.3 Å². The third kappa shape index (κ3) is 4.08. The Hall–Kier alpha value is -2.22. The lowest BCUT2D eigenvalue weighted by atomic mass is 9.96. The van der Waals surface area contributed by atoms with E-state index in [-0.39, 0.29) is 24.4 Å². The van der Waals surface area contributed by atoms with Gasteiger partial charge in [-0.3, -0.25) is 4.79 Å². The summed E-state index contributed by atoms with van der Waals surface area (Å²) < 4.78 is 27.4. The molecule has 1 amide bonds. The van der Waals surface area contributed by atoms with E-state index in [9.17, 15) is 13.2 Å². The van der Waals surface area contributed by atoms with Crippen molar-refractivity contribution in [1.29, 1.82) is 0 Å². The second-order valence-electron chi connectivity index (χ2n) is 7.43. The van der Waals surface area contributed by atoms with E-state index in [2.05, 4.69) is 23.5 Å². The van der Waals surface area contributed by atoms with Crippen molar-refractivity contribution < 1.29 is 13.2 Å².